The zero-order valence-electron chi connectivity index (χ0n) is 7.08. The molecular formula is C9H14O3. The molecule has 1 aliphatic rings. The summed E-state index contributed by atoms with van der Waals surface area (Å²) in [6.45, 7) is 0. The van der Waals surface area contributed by atoms with E-state index in [1.165, 1.54) is 0 Å². The quantitative estimate of drug-likeness (QED) is 0.700. The molecule has 0 aliphatic heterocycles. The van der Waals surface area contributed by atoms with Crippen molar-refractivity contribution in [2.24, 2.45) is 5.92 Å². The van der Waals surface area contributed by atoms with E-state index >= 15 is 0 Å². The summed E-state index contributed by atoms with van der Waals surface area (Å²) in [5.41, 5.74) is 0. The molecule has 0 aromatic carbocycles. The highest BCUT2D eigenvalue weighted by Crippen LogP contribution is 2.24. The van der Waals surface area contributed by atoms with E-state index in [0.717, 1.165) is 12.8 Å². The van der Waals surface area contributed by atoms with E-state index in [9.17, 15) is 9.59 Å². The van der Waals surface area contributed by atoms with Crippen molar-refractivity contribution < 1.29 is 14.7 Å². The maximum atomic E-state index is 11.0. The number of hydrogen-bond donors (Lipinski definition) is 1. The zero-order valence-corrected chi connectivity index (χ0v) is 7.08. The first-order chi connectivity index (χ1) is 5.68. The normalized spacial score (nSPS) is 24.0. The summed E-state index contributed by atoms with van der Waals surface area (Å²) >= 11 is 0. The zero-order chi connectivity index (χ0) is 8.97. The lowest BCUT2D eigenvalue weighted by molar-refractivity contribution is -0.137. The molecule has 3 nitrogen and oxygen atoms in total. The van der Waals surface area contributed by atoms with Crippen molar-refractivity contribution in [1.82, 2.24) is 0 Å². The van der Waals surface area contributed by atoms with Crippen LogP contribution in [0.2, 0.25) is 0 Å². The Kier molecular flexibility index (Phi) is 3.26. The van der Waals surface area contributed by atoms with Gasteiger partial charge in [0.05, 0.1) is 0 Å². The molecule has 1 atom stereocenters. The van der Waals surface area contributed by atoms with Crippen molar-refractivity contribution in [2.75, 3.05) is 0 Å². The summed E-state index contributed by atoms with van der Waals surface area (Å²) in [5.74, 6) is -0.119. The van der Waals surface area contributed by atoms with Crippen molar-refractivity contribution in [1.29, 1.82) is 0 Å². The molecule has 1 fully saturated rings. The minimum absolute atomic E-state index is 0.206. The number of ketones is 1. The fourth-order valence-corrected chi connectivity index (χ4v) is 1.69. The third kappa shape index (κ3) is 3.03. The average molecular weight is 170 g/mol. The Bertz CT molecular complexity index is 186. The number of aliphatic carboxylic acids is 1. The van der Waals surface area contributed by atoms with Crippen molar-refractivity contribution >= 4 is 11.8 Å². The monoisotopic (exact) mass is 170 g/mol. The van der Waals surface area contributed by atoms with Gasteiger partial charge in [-0.05, 0) is 25.2 Å². The fraction of sp³-hybridized carbons (Fsp3) is 0.778. The van der Waals surface area contributed by atoms with Gasteiger partial charge in [-0.15, -0.1) is 0 Å². The molecule has 0 heterocycles. The molecular weight excluding hydrogens is 156 g/mol. The Labute approximate surface area is 71.8 Å². The number of Topliss-reactive ketones (excluding diaryl/α,β-unsaturated/α-hetero) is 1. The maximum Gasteiger partial charge on any atom is 0.303 e. The molecule has 0 aromatic rings. The standard InChI is InChI=1S/C9H14O3/c10-8-3-1-2-7(6-8)4-5-9(11)12/h7H,1-6H2,(H,11,12). The summed E-state index contributed by atoms with van der Waals surface area (Å²) in [7, 11) is 0. The van der Waals surface area contributed by atoms with Crippen molar-refractivity contribution in [3.05, 3.63) is 0 Å². The molecule has 1 aliphatic carbocycles. The first kappa shape index (κ1) is 9.23. The largest absolute Gasteiger partial charge is 0.481 e. The Balaban J connectivity index is 2.23. The SMILES string of the molecule is O=C(O)CCC1CCCC(=O)C1. The fourth-order valence-electron chi connectivity index (χ4n) is 1.69. The van der Waals surface area contributed by atoms with E-state index in [2.05, 4.69) is 0 Å². The third-order valence-electron chi connectivity index (χ3n) is 2.35. The Morgan fingerprint density at radius 3 is 2.92 bits per heavy atom. The number of rotatable bonds is 3. The summed E-state index contributed by atoms with van der Waals surface area (Å²) in [5, 5.41) is 8.43. The van der Waals surface area contributed by atoms with Gasteiger partial charge in [0, 0.05) is 19.3 Å². The Morgan fingerprint density at radius 1 is 1.58 bits per heavy atom. The van der Waals surface area contributed by atoms with E-state index in [1.807, 2.05) is 0 Å². The number of hydrogen-bond acceptors (Lipinski definition) is 2. The van der Waals surface area contributed by atoms with Crippen LogP contribution in [0.1, 0.15) is 38.5 Å². The molecule has 3 heteroatoms. The van der Waals surface area contributed by atoms with Crippen LogP contribution in [0.25, 0.3) is 0 Å². The second-order valence-corrected chi connectivity index (χ2v) is 3.43. The maximum absolute atomic E-state index is 11.0. The van der Waals surface area contributed by atoms with Gasteiger partial charge < -0.3 is 5.11 Å². The number of carboxylic acid groups (broad SMARTS) is 1. The Morgan fingerprint density at radius 2 is 2.33 bits per heavy atom. The van der Waals surface area contributed by atoms with Crippen LogP contribution in [-0.4, -0.2) is 16.9 Å². The van der Waals surface area contributed by atoms with E-state index in [4.69, 9.17) is 5.11 Å². The van der Waals surface area contributed by atoms with Crippen LogP contribution in [0.4, 0.5) is 0 Å². The predicted octanol–water partition coefficient (Wildman–Crippen LogP) is 1.61. The minimum Gasteiger partial charge on any atom is -0.481 e. The molecule has 12 heavy (non-hydrogen) atoms. The molecule has 0 bridgehead atoms. The first-order valence-corrected chi connectivity index (χ1v) is 4.42. The lowest BCUT2D eigenvalue weighted by Crippen LogP contribution is -2.15. The van der Waals surface area contributed by atoms with Crippen molar-refractivity contribution in [3.63, 3.8) is 0 Å². The first-order valence-electron chi connectivity index (χ1n) is 4.42. The van der Waals surface area contributed by atoms with E-state index < -0.39 is 5.97 Å². The molecule has 1 rings (SSSR count). The van der Waals surface area contributed by atoms with Crippen molar-refractivity contribution in [3.8, 4) is 0 Å². The summed E-state index contributed by atoms with van der Waals surface area (Å²) in [6.07, 6.45) is 4.15. The third-order valence-corrected chi connectivity index (χ3v) is 2.35. The summed E-state index contributed by atoms with van der Waals surface area (Å²) in [6, 6.07) is 0. The molecule has 0 spiro atoms. The number of carboxylic acids is 1. The van der Waals surface area contributed by atoms with Gasteiger partial charge in [0.15, 0.2) is 0 Å². The van der Waals surface area contributed by atoms with Crippen LogP contribution in [-0.2, 0) is 9.59 Å². The van der Waals surface area contributed by atoms with Crippen LogP contribution in [0.15, 0.2) is 0 Å². The van der Waals surface area contributed by atoms with Gasteiger partial charge in [0.25, 0.3) is 0 Å². The second-order valence-electron chi connectivity index (χ2n) is 3.43. The molecule has 1 N–H and O–H groups in total. The molecule has 1 unspecified atom stereocenters. The van der Waals surface area contributed by atoms with Gasteiger partial charge in [0.1, 0.15) is 5.78 Å². The van der Waals surface area contributed by atoms with Crippen molar-refractivity contribution in [2.45, 2.75) is 38.5 Å². The second kappa shape index (κ2) is 4.24. The summed E-state index contributed by atoms with van der Waals surface area (Å²) in [4.78, 5) is 21.2. The van der Waals surface area contributed by atoms with Gasteiger partial charge in [-0.1, -0.05) is 0 Å². The highest BCUT2D eigenvalue weighted by atomic mass is 16.4. The number of carbonyl (C=O) groups excluding carboxylic acids is 1. The Hall–Kier alpha value is -0.860. The molecule has 0 radical (unpaired) electrons. The molecule has 0 saturated heterocycles. The van der Waals surface area contributed by atoms with Crippen LogP contribution < -0.4 is 0 Å². The highest BCUT2D eigenvalue weighted by Gasteiger charge is 2.19. The molecule has 0 aromatic heterocycles. The minimum atomic E-state index is -0.756. The highest BCUT2D eigenvalue weighted by molar-refractivity contribution is 5.79. The van der Waals surface area contributed by atoms with Crippen LogP contribution in [0.3, 0.4) is 0 Å². The van der Waals surface area contributed by atoms with Gasteiger partial charge in [0.2, 0.25) is 0 Å². The topological polar surface area (TPSA) is 54.4 Å². The van der Waals surface area contributed by atoms with Crippen LogP contribution in [0.5, 0.6) is 0 Å². The molecule has 0 amide bonds. The van der Waals surface area contributed by atoms with Gasteiger partial charge in [-0.3, -0.25) is 9.59 Å². The average Bonchev–Trinajstić information content (AvgIpc) is 2.01. The lowest BCUT2D eigenvalue weighted by Gasteiger charge is -2.19. The summed E-state index contributed by atoms with van der Waals surface area (Å²) < 4.78 is 0. The smallest absolute Gasteiger partial charge is 0.303 e. The lowest BCUT2D eigenvalue weighted by atomic mass is 9.85. The molecule has 1 saturated carbocycles. The van der Waals surface area contributed by atoms with Gasteiger partial charge in [-0.2, -0.15) is 0 Å². The van der Waals surface area contributed by atoms with E-state index in [0.29, 0.717) is 31.0 Å². The van der Waals surface area contributed by atoms with Gasteiger partial charge >= 0.3 is 5.97 Å². The number of carbonyl (C=O) groups is 2. The van der Waals surface area contributed by atoms with Crippen LogP contribution >= 0.6 is 0 Å². The van der Waals surface area contributed by atoms with E-state index in [1.54, 1.807) is 0 Å². The molecule has 68 valence electrons. The van der Waals surface area contributed by atoms with Gasteiger partial charge in [-0.25, -0.2) is 0 Å². The predicted molar refractivity (Wildman–Crippen MR) is 43.8 cm³/mol. The van der Waals surface area contributed by atoms with E-state index in [-0.39, 0.29) is 6.42 Å². The van der Waals surface area contributed by atoms with Crippen LogP contribution in [0, 0.1) is 5.92 Å².